The molecule has 0 fully saturated rings. The van der Waals surface area contributed by atoms with Crippen LogP contribution in [0.1, 0.15) is 12.5 Å². The van der Waals surface area contributed by atoms with E-state index in [2.05, 4.69) is 10.0 Å². The molecule has 1 unspecified atom stereocenters. The highest BCUT2D eigenvalue weighted by atomic mass is 32.2. The lowest BCUT2D eigenvalue weighted by atomic mass is 10.2. The highest BCUT2D eigenvalue weighted by Crippen LogP contribution is 2.28. The number of halogens is 1. The molecular formula is C13H17FN2O3S. The summed E-state index contributed by atoms with van der Waals surface area (Å²) in [5, 5.41) is 3.23. The van der Waals surface area contributed by atoms with Gasteiger partial charge in [-0.05, 0) is 39.1 Å². The molecule has 1 heterocycles. The number of rotatable bonds is 5. The summed E-state index contributed by atoms with van der Waals surface area (Å²) >= 11 is 0. The van der Waals surface area contributed by atoms with Crippen molar-refractivity contribution in [1.82, 2.24) is 10.0 Å². The molecule has 2 aromatic rings. The van der Waals surface area contributed by atoms with E-state index in [-0.39, 0.29) is 17.7 Å². The fourth-order valence-corrected chi connectivity index (χ4v) is 3.14. The summed E-state index contributed by atoms with van der Waals surface area (Å²) in [4.78, 5) is 0. The van der Waals surface area contributed by atoms with E-state index in [4.69, 9.17) is 4.42 Å². The van der Waals surface area contributed by atoms with E-state index in [0.717, 1.165) is 0 Å². The molecule has 1 atom stereocenters. The normalized spacial score (nSPS) is 13.8. The first-order chi connectivity index (χ1) is 9.35. The first-order valence-electron chi connectivity index (χ1n) is 6.20. The largest absolute Gasteiger partial charge is 0.443 e. The van der Waals surface area contributed by atoms with Gasteiger partial charge in [0.15, 0.2) is 0 Å². The third kappa shape index (κ3) is 2.84. The number of aryl methyl sites for hydroxylation is 1. The van der Waals surface area contributed by atoms with Crippen molar-refractivity contribution >= 4 is 21.0 Å². The number of furan rings is 1. The van der Waals surface area contributed by atoms with Gasteiger partial charge in [-0.1, -0.05) is 0 Å². The zero-order valence-electron chi connectivity index (χ0n) is 11.5. The number of hydrogen-bond donors (Lipinski definition) is 2. The highest BCUT2D eigenvalue weighted by molar-refractivity contribution is 7.89. The molecule has 20 heavy (non-hydrogen) atoms. The summed E-state index contributed by atoms with van der Waals surface area (Å²) in [7, 11) is -2.01. The Bertz CT molecular complexity index is 725. The van der Waals surface area contributed by atoms with Gasteiger partial charge in [0.2, 0.25) is 5.09 Å². The molecule has 5 nitrogen and oxygen atoms in total. The molecule has 1 aromatic carbocycles. The molecular weight excluding hydrogens is 283 g/mol. The van der Waals surface area contributed by atoms with Crippen LogP contribution < -0.4 is 10.0 Å². The molecule has 110 valence electrons. The van der Waals surface area contributed by atoms with Crippen LogP contribution in [0.5, 0.6) is 0 Å². The number of nitrogens with one attached hydrogen (secondary N) is 2. The number of fused-ring (bicyclic) bond motifs is 1. The predicted molar refractivity (Wildman–Crippen MR) is 74.6 cm³/mol. The molecule has 1 aromatic heterocycles. The van der Waals surface area contributed by atoms with Crippen molar-refractivity contribution in [2.24, 2.45) is 0 Å². The van der Waals surface area contributed by atoms with Gasteiger partial charge in [-0.25, -0.2) is 17.5 Å². The number of sulfonamides is 1. The minimum absolute atomic E-state index is 0.00750. The van der Waals surface area contributed by atoms with Gasteiger partial charge in [0, 0.05) is 23.5 Å². The zero-order valence-corrected chi connectivity index (χ0v) is 12.3. The minimum Gasteiger partial charge on any atom is -0.443 e. The first kappa shape index (κ1) is 15.0. The van der Waals surface area contributed by atoms with E-state index in [1.54, 1.807) is 14.0 Å². The van der Waals surface area contributed by atoms with Crippen LogP contribution in [0.25, 0.3) is 11.0 Å². The van der Waals surface area contributed by atoms with E-state index in [9.17, 15) is 12.8 Å². The van der Waals surface area contributed by atoms with Gasteiger partial charge in [0.25, 0.3) is 10.0 Å². The van der Waals surface area contributed by atoms with Crippen LogP contribution in [0.4, 0.5) is 4.39 Å². The molecule has 0 spiro atoms. The smallest absolute Gasteiger partial charge is 0.274 e. The van der Waals surface area contributed by atoms with E-state index in [0.29, 0.717) is 16.5 Å². The van der Waals surface area contributed by atoms with E-state index in [1.165, 1.54) is 18.2 Å². The second-order valence-corrected chi connectivity index (χ2v) is 6.36. The second-order valence-electron chi connectivity index (χ2n) is 4.70. The Kier molecular flexibility index (Phi) is 4.12. The first-order valence-corrected chi connectivity index (χ1v) is 7.69. The molecule has 0 radical (unpaired) electrons. The van der Waals surface area contributed by atoms with Crippen molar-refractivity contribution in [3.05, 3.63) is 29.6 Å². The zero-order chi connectivity index (χ0) is 14.9. The third-order valence-corrected chi connectivity index (χ3v) is 4.60. The van der Waals surface area contributed by atoms with E-state index >= 15 is 0 Å². The second kappa shape index (κ2) is 5.51. The van der Waals surface area contributed by atoms with E-state index in [1.807, 2.05) is 6.92 Å². The SMILES string of the molecule is CNC(C)CNS(=O)(=O)c1oc2ccc(F)cc2c1C. The van der Waals surface area contributed by atoms with Gasteiger partial charge >= 0.3 is 0 Å². The van der Waals surface area contributed by atoms with Gasteiger partial charge in [-0.2, -0.15) is 0 Å². The molecule has 2 rings (SSSR count). The highest BCUT2D eigenvalue weighted by Gasteiger charge is 2.24. The molecule has 0 aliphatic heterocycles. The van der Waals surface area contributed by atoms with Crippen LogP contribution in [0.3, 0.4) is 0 Å². The summed E-state index contributed by atoms with van der Waals surface area (Å²) in [5.41, 5.74) is 0.759. The van der Waals surface area contributed by atoms with Crippen LogP contribution in [0.2, 0.25) is 0 Å². The lowest BCUT2D eigenvalue weighted by Gasteiger charge is -2.10. The molecule has 0 saturated heterocycles. The van der Waals surface area contributed by atoms with Gasteiger partial charge in [-0.3, -0.25) is 0 Å². The lowest BCUT2D eigenvalue weighted by Crippen LogP contribution is -2.37. The summed E-state index contributed by atoms with van der Waals surface area (Å²) in [6.07, 6.45) is 0. The van der Waals surface area contributed by atoms with Crippen molar-refractivity contribution in [3.63, 3.8) is 0 Å². The molecule has 0 saturated carbocycles. The Hall–Kier alpha value is -1.44. The average Bonchev–Trinajstić information content (AvgIpc) is 2.74. The van der Waals surface area contributed by atoms with Gasteiger partial charge < -0.3 is 9.73 Å². The summed E-state index contributed by atoms with van der Waals surface area (Å²) in [6.45, 7) is 3.69. The van der Waals surface area contributed by atoms with Crippen LogP contribution in [-0.2, 0) is 10.0 Å². The Morgan fingerprint density at radius 2 is 2.10 bits per heavy atom. The quantitative estimate of drug-likeness (QED) is 0.883. The predicted octanol–water partition coefficient (Wildman–Crippen LogP) is 1.77. The van der Waals surface area contributed by atoms with Gasteiger partial charge in [0.05, 0.1) is 0 Å². The standard InChI is InChI=1S/C13H17FN2O3S/c1-8(15-3)7-16-20(17,18)13-9(2)11-6-10(14)4-5-12(11)19-13/h4-6,8,15-16H,7H2,1-3H3. The molecule has 7 heteroatoms. The van der Waals surface area contributed by atoms with Crippen molar-refractivity contribution in [2.45, 2.75) is 25.0 Å². The third-order valence-electron chi connectivity index (χ3n) is 3.17. The van der Waals surface area contributed by atoms with Crippen LogP contribution in [0, 0.1) is 12.7 Å². The van der Waals surface area contributed by atoms with Crippen molar-refractivity contribution in [2.75, 3.05) is 13.6 Å². The maximum Gasteiger partial charge on any atom is 0.274 e. The average molecular weight is 300 g/mol. The number of benzene rings is 1. The summed E-state index contributed by atoms with van der Waals surface area (Å²) in [5.74, 6) is -0.429. The van der Waals surface area contributed by atoms with Crippen molar-refractivity contribution in [3.8, 4) is 0 Å². The summed E-state index contributed by atoms with van der Waals surface area (Å²) < 4.78 is 45.4. The summed E-state index contributed by atoms with van der Waals surface area (Å²) in [6, 6.07) is 3.92. The number of hydrogen-bond acceptors (Lipinski definition) is 4. The molecule has 0 aliphatic rings. The maximum atomic E-state index is 13.2. The van der Waals surface area contributed by atoms with Crippen LogP contribution >= 0.6 is 0 Å². The Labute approximate surface area is 117 Å². The Morgan fingerprint density at radius 3 is 2.75 bits per heavy atom. The van der Waals surface area contributed by atoms with Crippen LogP contribution in [0.15, 0.2) is 27.7 Å². The van der Waals surface area contributed by atoms with Crippen LogP contribution in [-0.4, -0.2) is 28.1 Å². The maximum absolute atomic E-state index is 13.2. The fraction of sp³-hybridized carbons (Fsp3) is 0.385. The molecule has 0 aliphatic carbocycles. The fourth-order valence-electron chi connectivity index (χ4n) is 1.83. The molecule has 2 N–H and O–H groups in total. The minimum atomic E-state index is -3.75. The Balaban J connectivity index is 2.39. The van der Waals surface area contributed by atoms with E-state index < -0.39 is 15.8 Å². The monoisotopic (exact) mass is 300 g/mol. The van der Waals surface area contributed by atoms with Crippen molar-refractivity contribution in [1.29, 1.82) is 0 Å². The van der Waals surface area contributed by atoms with Gasteiger partial charge in [0.1, 0.15) is 11.4 Å². The molecule has 0 bridgehead atoms. The topological polar surface area (TPSA) is 71.3 Å². The lowest BCUT2D eigenvalue weighted by molar-refractivity contribution is 0.467. The van der Waals surface area contributed by atoms with Crippen molar-refractivity contribution < 1.29 is 17.2 Å². The van der Waals surface area contributed by atoms with Gasteiger partial charge in [-0.15, -0.1) is 0 Å². The Morgan fingerprint density at radius 1 is 1.40 bits per heavy atom. The number of likely N-dealkylation sites (N-methyl/N-ethyl adjacent to an activating group) is 1. The molecule has 0 amide bonds.